The van der Waals surface area contributed by atoms with Gasteiger partial charge < -0.3 is 14.6 Å². The number of ether oxygens (including phenoxy) is 2. The zero-order chi connectivity index (χ0) is 11.8. The topological polar surface area (TPSA) is 55.8 Å². The zero-order valence-electron chi connectivity index (χ0n) is 9.28. The Kier molecular flexibility index (Phi) is 2.61. The molecule has 2 aliphatic heterocycles. The van der Waals surface area contributed by atoms with E-state index in [1.165, 1.54) is 0 Å². The molecule has 1 aromatic rings. The van der Waals surface area contributed by atoms with Gasteiger partial charge in [0.15, 0.2) is 0 Å². The van der Waals surface area contributed by atoms with Crippen LogP contribution < -0.4 is 0 Å². The van der Waals surface area contributed by atoms with E-state index in [4.69, 9.17) is 9.47 Å². The monoisotopic (exact) mass is 234 g/mol. The zero-order valence-corrected chi connectivity index (χ0v) is 9.28. The first kappa shape index (κ1) is 10.7. The summed E-state index contributed by atoms with van der Waals surface area (Å²) in [5, 5.41) is 10.1. The lowest BCUT2D eigenvalue weighted by atomic mass is 9.90. The van der Waals surface area contributed by atoms with Gasteiger partial charge in [0.25, 0.3) is 0 Å². The van der Waals surface area contributed by atoms with Gasteiger partial charge in [-0.15, -0.1) is 0 Å². The Morgan fingerprint density at radius 1 is 1.24 bits per heavy atom. The van der Waals surface area contributed by atoms with Crippen LogP contribution in [0.4, 0.5) is 0 Å². The number of carbonyl (C=O) groups is 1. The summed E-state index contributed by atoms with van der Waals surface area (Å²) in [4.78, 5) is 11.3. The van der Waals surface area contributed by atoms with Gasteiger partial charge in [-0.25, -0.2) is 0 Å². The smallest absolute Gasteiger partial charge is 0.308 e. The Balaban J connectivity index is 1.86. The van der Waals surface area contributed by atoms with Crippen molar-refractivity contribution in [3.8, 4) is 0 Å². The second-order valence-corrected chi connectivity index (χ2v) is 4.55. The molecule has 1 aromatic carbocycles. The predicted octanol–water partition coefficient (Wildman–Crippen LogP) is 1.19. The van der Waals surface area contributed by atoms with Crippen LogP contribution in [0.2, 0.25) is 0 Å². The van der Waals surface area contributed by atoms with Crippen molar-refractivity contribution in [2.24, 2.45) is 0 Å². The average Bonchev–Trinajstić information content (AvgIpc) is 2.34. The molecule has 0 unspecified atom stereocenters. The fourth-order valence-corrected chi connectivity index (χ4v) is 2.51. The maximum absolute atomic E-state index is 11.3. The molecule has 2 fully saturated rings. The molecule has 2 aliphatic rings. The number of aliphatic hydroxyl groups is 1. The van der Waals surface area contributed by atoms with Crippen LogP contribution >= 0.6 is 0 Å². The van der Waals surface area contributed by atoms with Crippen LogP contribution in [-0.2, 0) is 14.3 Å². The molecular weight excluding hydrogens is 220 g/mol. The molecular formula is C13H14O4. The first-order valence-corrected chi connectivity index (χ1v) is 5.82. The van der Waals surface area contributed by atoms with E-state index in [2.05, 4.69) is 0 Å². The van der Waals surface area contributed by atoms with Gasteiger partial charge in [0.2, 0.25) is 0 Å². The fraction of sp³-hybridized carbons (Fsp3) is 0.462. The molecule has 0 spiro atoms. The number of rotatable bonds is 1. The van der Waals surface area contributed by atoms with E-state index in [-0.39, 0.29) is 18.5 Å². The number of hydrogen-bond acceptors (Lipinski definition) is 4. The van der Waals surface area contributed by atoms with E-state index < -0.39 is 18.3 Å². The van der Waals surface area contributed by atoms with Crippen molar-refractivity contribution in [3.63, 3.8) is 0 Å². The van der Waals surface area contributed by atoms with Crippen LogP contribution in [0.1, 0.15) is 24.5 Å². The normalized spacial score (nSPS) is 36.4. The third-order valence-corrected chi connectivity index (χ3v) is 3.33. The molecule has 0 saturated carbocycles. The Hall–Kier alpha value is -1.39. The second-order valence-electron chi connectivity index (χ2n) is 4.55. The maximum Gasteiger partial charge on any atom is 0.308 e. The first-order chi connectivity index (χ1) is 8.24. The van der Waals surface area contributed by atoms with E-state index in [0.717, 1.165) is 5.56 Å². The molecule has 3 rings (SSSR count). The molecule has 0 aliphatic carbocycles. The lowest BCUT2D eigenvalue weighted by molar-refractivity contribution is -0.218. The van der Waals surface area contributed by atoms with Gasteiger partial charge in [0.1, 0.15) is 18.3 Å². The number of aliphatic hydroxyl groups excluding tert-OH is 1. The molecule has 90 valence electrons. The molecule has 4 heteroatoms. The summed E-state index contributed by atoms with van der Waals surface area (Å²) in [7, 11) is 0. The predicted molar refractivity (Wildman–Crippen MR) is 59.2 cm³/mol. The molecule has 1 N–H and O–H groups in total. The van der Waals surface area contributed by atoms with Gasteiger partial charge in [0.05, 0.1) is 12.5 Å². The van der Waals surface area contributed by atoms with Gasteiger partial charge >= 0.3 is 5.97 Å². The van der Waals surface area contributed by atoms with Gasteiger partial charge in [0, 0.05) is 6.42 Å². The Labute approximate surface area is 99.2 Å². The SMILES string of the molecule is O=C1C[C@H]2C[C@@H](O1)[C@H](O)[C@H](c1ccccc1)O2. The Bertz CT molecular complexity index is 417. The summed E-state index contributed by atoms with van der Waals surface area (Å²) >= 11 is 0. The summed E-state index contributed by atoms with van der Waals surface area (Å²) < 4.78 is 10.9. The minimum absolute atomic E-state index is 0.130. The lowest BCUT2D eigenvalue weighted by Gasteiger charge is -2.42. The van der Waals surface area contributed by atoms with Crippen molar-refractivity contribution in [1.82, 2.24) is 0 Å². The second kappa shape index (κ2) is 4.13. The molecule has 0 radical (unpaired) electrons. The van der Waals surface area contributed by atoms with Crippen LogP contribution in [0, 0.1) is 0 Å². The summed E-state index contributed by atoms with van der Waals surface area (Å²) in [6, 6.07) is 9.55. The molecule has 4 nitrogen and oxygen atoms in total. The van der Waals surface area contributed by atoms with E-state index in [1.807, 2.05) is 30.3 Å². The fourth-order valence-electron chi connectivity index (χ4n) is 2.51. The highest BCUT2D eigenvalue weighted by Crippen LogP contribution is 2.37. The molecule has 2 heterocycles. The molecule has 2 bridgehead atoms. The summed E-state index contributed by atoms with van der Waals surface area (Å²) in [6.45, 7) is 0. The highest BCUT2D eigenvalue weighted by Gasteiger charge is 2.44. The third-order valence-electron chi connectivity index (χ3n) is 3.33. The van der Waals surface area contributed by atoms with Crippen molar-refractivity contribution >= 4 is 5.97 Å². The Morgan fingerprint density at radius 3 is 2.76 bits per heavy atom. The van der Waals surface area contributed by atoms with Gasteiger partial charge in [-0.1, -0.05) is 30.3 Å². The highest BCUT2D eigenvalue weighted by molar-refractivity contribution is 5.71. The van der Waals surface area contributed by atoms with Crippen molar-refractivity contribution in [2.45, 2.75) is 37.3 Å². The summed E-state index contributed by atoms with van der Waals surface area (Å²) in [5.41, 5.74) is 0.924. The van der Waals surface area contributed by atoms with E-state index in [0.29, 0.717) is 6.42 Å². The van der Waals surface area contributed by atoms with Gasteiger partial charge in [-0.05, 0) is 5.56 Å². The van der Waals surface area contributed by atoms with Crippen LogP contribution in [-0.4, -0.2) is 29.4 Å². The molecule has 0 aromatic heterocycles. The Morgan fingerprint density at radius 2 is 2.00 bits per heavy atom. The van der Waals surface area contributed by atoms with Crippen molar-refractivity contribution in [2.75, 3.05) is 0 Å². The minimum Gasteiger partial charge on any atom is -0.459 e. The highest BCUT2D eigenvalue weighted by atomic mass is 16.6. The van der Waals surface area contributed by atoms with Crippen LogP contribution in [0.25, 0.3) is 0 Å². The number of benzene rings is 1. The lowest BCUT2D eigenvalue weighted by Crippen LogP contribution is -2.50. The van der Waals surface area contributed by atoms with E-state index >= 15 is 0 Å². The van der Waals surface area contributed by atoms with Crippen LogP contribution in [0.5, 0.6) is 0 Å². The number of fused-ring (bicyclic) bond motifs is 2. The maximum atomic E-state index is 11.3. The quantitative estimate of drug-likeness (QED) is 0.742. The average molecular weight is 234 g/mol. The minimum atomic E-state index is -0.780. The van der Waals surface area contributed by atoms with Crippen LogP contribution in [0.3, 0.4) is 0 Å². The summed E-state index contributed by atoms with van der Waals surface area (Å²) in [6.07, 6.45) is -0.857. The molecule has 0 amide bonds. The standard InChI is InChI=1S/C13H14O4/c14-11-7-9-6-10(17-11)12(15)13(16-9)8-4-2-1-3-5-8/h1-5,9-10,12-13,15H,6-7H2/t9-,10-,12+,13+/m1/s1. The van der Waals surface area contributed by atoms with Gasteiger partial charge in [-0.3, -0.25) is 4.79 Å². The van der Waals surface area contributed by atoms with Crippen molar-refractivity contribution in [1.29, 1.82) is 0 Å². The largest absolute Gasteiger partial charge is 0.459 e. The third kappa shape index (κ3) is 1.94. The van der Waals surface area contributed by atoms with E-state index in [9.17, 15) is 9.90 Å². The number of carbonyl (C=O) groups excluding carboxylic acids is 1. The van der Waals surface area contributed by atoms with Crippen molar-refractivity contribution < 1.29 is 19.4 Å². The molecule has 4 atom stereocenters. The first-order valence-electron chi connectivity index (χ1n) is 5.82. The molecule has 2 saturated heterocycles. The number of hydrogen-bond donors (Lipinski definition) is 1. The summed E-state index contributed by atoms with van der Waals surface area (Å²) in [5.74, 6) is -0.281. The number of esters is 1. The van der Waals surface area contributed by atoms with Gasteiger partial charge in [-0.2, -0.15) is 0 Å². The van der Waals surface area contributed by atoms with Crippen molar-refractivity contribution in [3.05, 3.63) is 35.9 Å². The molecule has 17 heavy (non-hydrogen) atoms. The van der Waals surface area contributed by atoms with E-state index in [1.54, 1.807) is 0 Å². The van der Waals surface area contributed by atoms with Crippen LogP contribution in [0.15, 0.2) is 30.3 Å².